The minimum absolute atomic E-state index is 0.00524. The molecule has 2 fully saturated rings. The maximum absolute atomic E-state index is 12.6. The van der Waals surface area contributed by atoms with Crippen LogP contribution in [0.2, 0.25) is 0 Å². The summed E-state index contributed by atoms with van der Waals surface area (Å²) in [4.78, 5) is 39.9. The standard InChI is InChI=1S/C19H25N3O5/c1-12(23)21-6-8-22(9-7-21)19(25)15-11-14(15)18(24)20-13-4-5-16(26-2)17(10-13)27-3/h4-5,10,14-15H,6-9,11H2,1-3H3,(H,20,24). The SMILES string of the molecule is COc1ccc(NC(=O)C2CC2C(=O)N2CCN(C(C)=O)CC2)cc1OC. The lowest BCUT2D eigenvalue weighted by Gasteiger charge is -2.34. The second-order valence-corrected chi connectivity index (χ2v) is 6.84. The van der Waals surface area contributed by atoms with E-state index in [1.165, 1.54) is 14.0 Å². The summed E-state index contributed by atoms with van der Waals surface area (Å²) in [7, 11) is 3.08. The van der Waals surface area contributed by atoms with Crippen molar-refractivity contribution in [2.75, 3.05) is 45.7 Å². The molecule has 1 aromatic rings. The number of nitrogens with one attached hydrogen (secondary N) is 1. The summed E-state index contributed by atoms with van der Waals surface area (Å²) in [5.41, 5.74) is 0.603. The zero-order valence-corrected chi connectivity index (χ0v) is 15.9. The monoisotopic (exact) mass is 375 g/mol. The van der Waals surface area contributed by atoms with Crippen LogP contribution in [-0.4, -0.2) is 67.9 Å². The highest BCUT2D eigenvalue weighted by molar-refractivity contribution is 5.99. The number of ether oxygens (including phenoxy) is 2. The Bertz CT molecular complexity index is 743. The quantitative estimate of drug-likeness (QED) is 0.829. The van der Waals surface area contributed by atoms with Crippen molar-refractivity contribution in [2.24, 2.45) is 11.8 Å². The van der Waals surface area contributed by atoms with Gasteiger partial charge < -0.3 is 24.6 Å². The molecule has 8 nitrogen and oxygen atoms in total. The van der Waals surface area contributed by atoms with Gasteiger partial charge in [-0.25, -0.2) is 0 Å². The lowest BCUT2D eigenvalue weighted by Crippen LogP contribution is -2.50. The zero-order chi connectivity index (χ0) is 19.6. The Morgan fingerprint density at radius 1 is 0.963 bits per heavy atom. The molecule has 2 atom stereocenters. The van der Waals surface area contributed by atoms with E-state index >= 15 is 0 Å². The van der Waals surface area contributed by atoms with E-state index in [4.69, 9.17) is 9.47 Å². The van der Waals surface area contributed by atoms with Crippen LogP contribution in [0.4, 0.5) is 5.69 Å². The average Bonchev–Trinajstić information content (AvgIpc) is 3.48. The van der Waals surface area contributed by atoms with E-state index in [0.29, 0.717) is 49.8 Å². The van der Waals surface area contributed by atoms with Gasteiger partial charge in [0, 0.05) is 44.9 Å². The van der Waals surface area contributed by atoms with Crippen molar-refractivity contribution in [3.05, 3.63) is 18.2 Å². The summed E-state index contributed by atoms with van der Waals surface area (Å²) < 4.78 is 10.4. The maximum atomic E-state index is 12.6. The Hall–Kier alpha value is -2.77. The average molecular weight is 375 g/mol. The fourth-order valence-corrected chi connectivity index (χ4v) is 3.38. The minimum atomic E-state index is -0.309. The lowest BCUT2D eigenvalue weighted by molar-refractivity contribution is -0.139. The molecule has 3 rings (SSSR count). The molecule has 2 unspecified atom stereocenters. The molecule has 1 aromatic carbocycles. The van der Waals surface area contributed by atoms with Gasteiger partial charge in [-0.05, 0) is 18.6 Å². The number of carbonyl (C=O) groups excluding carboxylic acids is 3. The molecule has 27 heavy (non-hydrogen) atoms. The van der Waals surface area contributed by atoms with E-state index in [2.05, 4.69) is 5.32 Å². The fourth-order valence-electron chi connectivity index (χ4n) is 3.38. The number of rotatable bonds is 5. The summed E-state index contributed by atoms with van der Waals surface area (Å²) in [6.07, 6.45) is 0.560. The number of nitrogens with zero attached hydrogens (tertiary/aromatic N) is 2. The highest BCUT2D eigenvalue weighted by Gasteiger charge is 2.49. The third kappa shape index (κ3) is 4.15. The van der Waals surface area contributed by atoms with Gasteiger partial charge in [0.15, 0.2) is 11.5 Å². The molecule has 1 N–H and O–H groups in total. The molecular formula is C19H25N3O5. The predicted molar refractivity (Wildman–Crippen MR) is 98.6 cm³/mol. The van der Waals surface area contributed by atoms with Crippen molar-refractivity contribution >= 4 is 23.4 Å². The first-order valence-corrected chi connectivity index (χ1v) is 9.01. The summed E-state index contributed by atoms with van der Waals surface area (Å²) in [6.45, 7) is 3.69. The smallest absolute Gasteiger partial charge is 0.228 e. The molecule has 1 saturated heterocycles. The largest absolute Gasteiger partial charge is 0.493 e. The number of methoxy groups -OCH3 is 2. The van der Waals surface area contributed by atoms with Crippen LogP contribution in [0, 0.1) is 11.8 Å². The van der Waals surface area contributed by atoms with Crippen molar-refractivity contribution < 1.29 is 23.9 Å². The van der Waals surface area contributed by atoms with E-state index < -0.39 is 0 Å². The van der Waals surface area contributed by atoms with Crippen LogP contribution < -0.4 is 14.8 Å². The topological polar surface area (TPSA) is 88.2 Å². The van der Waals surface area contributed by atoms with Crippen LogP contribution in [-0.2, 0) is 14.4 Å². The molecule has 3 amide bonds. The van der Waals surface area contributed by atoms with Crippen LogP contribution in [0.5, 0.6) is 11.5 Å². The molecular weight excluding hydrogens is 350 g/mol. The number of amides is 3. The molecule has 1 heterocycles. The summed E-state index contributed by atoms with van der Waals surface area (Å²) >= 11 is 0. The number of anilines is 1. The van der Waals surface area contributed by atoms with Gasteiger partial charge in [-0.2, -0.15) is 0 Å². The van der Waals surface area contributed by atoms with Crippen LogP contribution in [0.3, 0.4) is 0 Å². The maximum Gasteiger partial charge on any atom is 0.228 e. The summed E-state index contributed by atoms with van der Waals surface area (Å²) in [5, 5.41) is 2.84. The Labute approximate surface area is 158 Å². The van der Waals surface area contributed by atoms with Gasteiger partial charge in [0.1, 0.15) is 0 Å². The number of carbonyl (C=O) groups is 3. The van der Waals surface area contributed by atoms with E-state index in [1.54, 1.807) is 35.1 Å². The third-order valence-electron chi connectivity index (χ3n) is 5.13. The van der Waals surface area contributed by atoms with Gasteiger partial charge in [-0.1, -0.05) is 0 Å². The summed E-state index contributed by atoms with van der Waals surface area (Å²) in [5.74, 6) is 0.404. The second kappa shape index (κ2) is 7.85. The van der Waals surface area contributed by atoms with Gasteiger partial charge in [0.05, 0.1) is 26.1 Å². The van der Waals surface area contributed by atoms with Crippen molar-refractivity contribution in [2.45, 2.75) is 13.3 Å². The molecule has 8 heteroatoms. The minimum Gasteiger partial charge on any atom is -0.493 e. The van der Waals surface area contributed by atoms with Crippen molar-refractivity contribution in [3.63, 3.8) is 0 Å². The van der Waals surface area contributed by atoms with Gasteiger partial charge in [-0.3, -0.25) is 14.4 Å². The first kappa shape index (κ1) is 19.0. The highest BCUT2D eigenvalue weighted by atomic mass is 16.5. The first-order valence-electron chi connectivity index (χ1n) is 9.01. The third-order valence-corrected chi connectivity index (χ3v) is 5.13. The van der Waals surface area contributed by atoms with Crippen LogP contribution in [0.25, 0.3) is 0 Å². The van der Waals surface area contributed by atoms with Crippen molar-refractivity contribution in [1.29, 1.82) is 0 Å². The molecule has 0 bridgehead atoms. The molecule has 1 saturated carbocycles. The van der Waals surface area contributed by atoms with Crippen LogP contribution in [0.1, 0.15) is 13.3 Å². The molecule has 1 aliphatic carbocycles. The van der Waals surface area contributed by atoms with Crippen LogP contribution in [0.15, 0.2) is 18.2 Å². The van der Waals surface area contributed by atoms with E-state index in [9.17, 15) is 14.4 Å². The number of benzene rings is 1. The molecule has 146 valence electrons. The molecule has 2 aliphatic rings. The number of piperazine rings is 1. The zero-order valence-electron chi connectivity index (χ0n) is 15.9. The Morgan fingerprint density at radius 3 is 2.19 bits per heavy atom. The normalized spacial score (nSPS) is 21.4. The summed E-state index contributed by atoms with van der Waals surface area (Å²) in [6, 6.07) is 5.15. The predicted octanol–water partition coefficient (Wildman–Crippen LogP) is 0.969. The number of hydrogen-bond acceptors (Lipinski definition) is 5. The van der Waals surface area contributed by atoms with Crippen LogP contribution >= 0.6 is 0 Å². The van der Waals surface area contributed by atoms with Gasteiger partial charge in [-0.15, -0.1) is 0 Å². The Morgan fingerprint density at radius 2 is 1.59 bits per heavy atom. The number of hydrogen-bond donors (Lipinski definition) is 1. The van der Waals surface area contributed by atoms with E-state index in [0.717, 1.165) is 0 Å². The molecule has 0 aromatic heterocycles. The van der Waals surface area contributed by atoms with Crippen molar-refractivity contribution in [3.8, 4) is 11.5 Å². The fraction of sp³-hybridized carbons (Fsp3) is 0.526. The first-order chi connectivity index (χ1) is 12.9. The van der Waals surface area contributed by atoms with E-state index in [-0.39, 0.29) is 29.6 Å². The Balaban J connectivity index is 1.53. The highest BCUT2D eigenvalue weighted by Crippen LogP contribution is 2.41. The van der Waals surface area contributed by atoms with Crippen molar-refractivity contribution in [1.82, 2.24) is 9.80 Å². The molecule has 1 aliphatic heterocycles. The van der Waals surface area contributed by atoms with Gasteiger partial charge in [0.2, 0.25) is 17.7 Å². The van der Waals surface area contributed by atoms with Gasteiger partial charge >= 0.3 is 0 Å². The molecule has 0 spiro atoms. The Kier molecular flexibility index (Phi) is 5.53. The lowest BCUT2D eigenvalue weighted by atomic mass is 10.2. The van der Waals surface area contributed by atoms with E-state index in [1.807, 2.05) is 0 Å². The van der Waals surface area contributed by atoms with Gasteiger partial charge in [0.25, 0.3) is 0 Å². The molecule has 0 radical (unpaired) electrons. The second-order valence-electron chi connectivity index (χ2n) is 6.84.